The first-order valence-electron chi connectivity index (χ1n) is 7.35. The first-order valence-corrected chi connectivity index (χ1v) is 7.35. The number of piperidine rings is 1. The molecule has 0 radical (unpaired) electrons. The van der Waals surface area contributed by atoms with E-state index in [0.717, 1.165) is 17.7 Å². The molecule has 0 aromatic heterocycles. The number of methoxy groups -OCH3 is 1. The zero-order valence-corrected chi connectivity index (χ0v) is 12.5. The fourth-order valence-corrected chi connectivity index (χ4v) is 2.50. The SMILES string of the molecule is CCC(NC(=O)C1CCC(=O)NC1)c1ccc(OC)cc1. The fraction of sp³-hybridized carbons (Fsp3) is 0.500. The number of benzene rings is 1. The lowest BCUT2D eigenvalue weighted by molar-refractivity contribution is -0.129. The molecule has 1 fully saturated rings. The van der Waals surface area contributed by atoms with Crippen molar-refractivity contribution in [3.05, 3.63) is 29.8 Å². The zero-order chi connectivity index (χ0) is 15.2. The Morgan fingerprint density at radius 1 is 1.43 bits per heavy atom. The van der Waals surface area contributed by atoms with Crippen molar-refractivity contribution in [1.82, 2.24) is 10.6 Å². The van der Waals surface area contributed by atoms with Crippen LogP contribution in [0.4, 0.5) is 0 Å². The van der Waals surface area contributed by atoms with Crippen molar-refractivity contribution in [3.63, 3.8) is 0 Å². The minimum Gasteiger partial charge on any atom is -0.497 e. The summed E-state index contributed by atoms with van der Waals surface area (Å²) in [5.74, 6) is 0.712. The van der Waals surface area contributed by atoms with E-state index in [1.165, 1.54) is 0 Å². The van der Waals surface area contributed by atoms with E-state index in [4.69, 9.17) is 4.74 Å². The molecular weight excluding hydrogens is 268 g/mol. The molecule has 1 aliphatic heterocycles. The highest BCUT2D eigenvalue weighted by Crippen LogP contribution is 2.21. The molecule has 2 amide bonds. The molecule has 5 heteroatoms. The Balaban J connectivity index is 1.97. The molecule has 21 heavy (non-hydrogen) atoms. The van der Waals surface area contributed by atoms with Crippen LogP contribution in [0.5, 0.6) is 5.75 Å². The summed E-state index contributed by atoms with van der Waals surface area (Å²) in [6.07, 6.45) is 1.87. The number of rotatable bonds is 5. The van der Waals surface area contributed by atoms with Crippen LogP contribution in [-0.2, 0) is 9.59 Å². The molecular formula is C16H22N2O3. The summed E-state index contributed by atoms with van der Waals surface area (Å²) in [6, 6.07) is 7.71. The van der Waals surface area contributed by atoms with Crippen LogP contribution in [0.2, 0.25) is 0 Å². The maximum absolute atomic E-state index is 12.3. The zero-order valence-electron chi connectivity index (χ0n) is 12.5. The molecule has 0 saturated carbocycles. The molecule has 2 N–H and O–H groups in total. The number of carbonyl (C=O) groups is 2. The summed E-state index contributed by atoms with van der Waals surface area (Å²) in [5.41, 5.74) is 1.06. The Kier molecular flexibility index (Phi) is 5.20. The monoisotopic (exact) mass is 290 g/mol. The van der Waals surface area contributed by atoms with E-state index >= 15 is 0 Å². The van der Waals surface area contributed by atoms with Crippen molar-refractivity contribution in [2.45, 2.75) is 32.2 Å². The van der Waals surface area contributed by atoms with Gasteiger partial charge < -0.3 is 15.4 Å². The molecule has 114 valence electrons. The fourth-order valence-electron chi connectivity index (χ4n) is 2.50. The van der Waals surface area contributed by atoms with Gasteiger partial charge in [0.1, 0.15) is 5.75 Å². The molecule has 0 spiro atoms. The van der Waals surface area contributed by atoms with Gasteiger partial charge in [-0.1, -0.05) is 19.1 Å². The van der Waals surface area contributed by atoms with Crippen LogP contribution in [0.25, 0.3) is 0 Å². The van der Waals surface area contributed by atoms with Crippen molar-refractivity contribution in [3.8, 4) is 5.75 Å². The number of hydrogen-bond donors (Lipinski definition) is 2. The maximum atomic E-state index is 12.3. The highest BCUT2D eigenvalue weighted by Gasteiger charge is 2.26. The van der Waals surface area contributed by atoms with Crippen LogP contribution in [0, 0.1) is 5.92 Å². The highest BCUT2D eigenvalue weighted by molar-refractivity contribution is 5.83. The minimum absolute atomic E-state index is 0.0117. The average molecular weight is 290 g/mol. The molecule has 2 atom stereocenters. The van der Waals surface area contributed by atoms with Gasteiger partial charge in [-0.3, -0.25) is 9.59 Å². The molecule has 1 heterocycles. The van der Waals surface area contributed by atoms with Crippen molar-refractivity contribution in [2.24, 2.45) is 5.92 Å². The molecule has 1 saturated heterocycles. The second kappa shape index (κ2) is 7.11. The van der Waals surface area contributed by atoms with Crippen LogP contribution >= 0.6 is 0 Å². The summed E-state index contributed by atoms with van der Waals surface area (Å²) in [4.78, 5) is 23.4. The third kappa shape index (κ3) is 3.97. The summed E-state index contributed by atoms with van der Waals surface area (Å²) >= 11 is 0. The average Bonchev–Trinajstić information content (AvgIpc) is 2.53. The number of ether oxygens (including phenoxy) is 1. The van der Waals surface area contributed by atoms with Crippen molar-refractivity contribution < 1.29 is 14.3 Å². The Morgan fingerprint density at radius 3 is 2.67 bits per heavy atom. The van der Waals surface area contributed by atoms with Gasteiger partial charge in [0.2, 0.25) is 11.8 Å². The van der Waals surface area contributed by atoms with Gasteiger partial charge in [0, 0.05) is 13.0 Å². The van der Waals surface area contributed by atoms with Crippen molar-refractivity contribution in [1.29, 1.82) is 0 Å². The van der Waals surface area contributed by atoms with Gasteiger partial charge in [0.15, 0.2) is 0 Å². The molecule has 2 unspecified atom stereocenters. The van der Waals surface area contributed by atoms with Crippen LogP contribution in [-0.4, -0.2) is 25.5 Å². The molecule has 0 bridgehead atoms. The van der Waals surface area contributed by atoms with E-state index in [2.05, 4.69) is 10.6 Å². The Morgan fingerprint density at radius 2 is 2.14 bits per heavy atom. The lowest BCUT2D eigenvalue weighted by atomic mass is 9.96. The number of hydrogen-bond acceptors (Lipinski definition) is 3. The molecule has 5 nitrogen and oxygen atoms in total. The predicted molar refractivity (Wildman–Crippen MR) is 79.9 cm³/mol. The van der Waals surface area contributed by atoms with Crippen LogP contribution in [0.1, 0.15) is 37.8 Å². The Bertz CT molecular complexity index is 489. The minimum atomic E-state index is -0.130. The summed E-state index contributed by atoms with van der Waals surface area (Å²) in [6.45, 7) is 2.47. The second-order valence-electron chi connectivity index (χ2n) is 5.28. The van der Waals surface area contributed by atoms with E-state index in [1.54, 1.807) is 7.11 Å². The topological polar surface area (TPSA) is 67.4 Å². The van der Waals surface area contributed by atoms with E-state index in [-0.39, 0.29) is 23.8 Å². The Labute approximate surface area is 125 Å². The molecule has 1 aromatic rings. The van der Waals surface area contributed by atoms with Gasteiger partial charge in [-0.05, 0) is 30.5 Å². The maximum Gasteiger partial charge on any atom is 0.225 e. The first kappa shape index (κ1) is 15.4. The summed E-state index contributed by atoms with van der Waals surface area (Å²) in [7, 11) is 1.63. The standard InChI is InChI=1S/C16H22N2O3/c1-3-14(11-4-7-13(21-2)8-5-11)18-16(20)12-6-9-15(19)17-10-12/h4-5,7-8,12,14H,3,6,9-10H2,1-2H3,(H,17,19)(H,18,20). The van der Waals surface area contributed by atoms with E-state index in [0.29, 0.717) is 19.4 Å². The smallest absolute Gasteiger partial charge is 0.225 e. The van der Waals surface area contributed by atoms with E-state index < -0.39 is 0 Å². The van der Waals surface area contributed by atoms with Crippen LogP contribution in [0.3, 0.4) is 0 Å². The van der Waals surface area contributed by atoms with E-state index in [1.807, 2.05) is 31.2 Å². The molecule has 0 aliphatic carbocycles. The molecule has 1 aromatic carbocycles. The third-order valence-electron chi connectivity index (χ3n) is 3.88. The summed E-state index contributed by atoms with van der Waals surface area (Å²) < 4.78 is 5.14. The number of carbonyl (C=O) groups excluding carboxylic acids is 2. The quantitative estimate of drug-likeness (QED) is 0.868. The highest BCUT2D eigenvalue weighted by atomic mass is 16.5. The molecule has 1 aliphatic rings. The van der Waals surface area contributed by atoms with Crippen molar-refractivity contribution >= 4 is 11.8 Å². The normalized spacial score (nSPS) is 19.5. The van der Waals surface area contributed by atoms with Gasteiger partial charge in [0.05, 0.1) is 19.1 Å². The second-order valence-corrected chi connectivity index (χ2v) is 5.28. The van der Waals surface area contributed by atoms with Gasteiger partial charge in [-0.25, -0.2) is 0 Å². The van der Waals surface area contributed by atoms with Crippen molar-refractivity contribution in [2.75, 3.05) is 13.7 Å². The third-order valence-corrected chi connectivity index (χ3v) is 3.88. The van der Waals surface area contributed by atoms with Crippen LogP contribution < -0.4 is 15.4 Å². The molecule has 2 rings (SSSR count). The summed E-state index contributed by atoms with van der Waals surface area (Å²) in [5, 5.41) is 5.82. The van der Waals surface area contributed by atoms with Gasteiger partial charge >= 0.3 is 0 Å². The first-order chi connectivity index (χ1) is 10.1. The number of nitrogens with one attached hydrogen (secondary N) is 2. The largest absolute Gasteiger partial charge is 0.497 e. The number of amides is 2. The lowest BCUT2D eigenvalue weighted by Crippen LogP contribution is -2.43. The van der Waals surface area contributed by atoms with Crippen LogP contribution in [0.15, 0.2) is 24.3 Å². The van der Waals surface area contributed by atoms with Gasteiger partial charge in [-0.2, -0.15) is 0 Å². The van der Waals surface area contributed by atoms with E-state index in [9.17, 15) is 9.59 Å². The van der Waals surface area contributed by atoms with Gasteiger partial charge in [-0.15, -0.1) is 0 Å². The lowest BCUT2D eigenvalue weighted by Gasteiger charge is -2.25. The Hall–Kier alpha value is -2.04. The van der Waals surface area contributed by atoms with Gasteiger partial charge in [0.25, 0.3) is 0 Å². The predicted octanol–water partition coefficient (Wildman–Crippen LogP) is 1.79.